The number of anilines is 1. The van der Waals surface area contributed by atoms with Crippen molar-refractivity contribution in [1.82, 2.24) is 9.88 Å². The van der Waals surface area contributed by atoms with E-state index >= 15 is 0 Å². The molecule has 1 aromatic heterocycles. The Kier molecular flexibility index (Phi) is 1.82. The van der Waals surface area contributed by atoms with Crippen molar-refractivity contribution in [1.29, 1.82) is 0 Å². The van der Waals surface area contributed by atoms with E-state index in [1.165, 1.54) is 37.2 Å². The Hall–Kier alpha value is -0.610. The summed E-state index contributed by atoms with van der Waals surface area (Å²) in [5.74, 6) is 0. The molecule has 0 atom stereocenters. The first kappa shape index (κ1) is 8.68. The minimum atomic E-state index is 0.695. The van der Waals surface area contributed by atoms with Crippen molar-refractivity contribution in [3.05, 3.63) is 11.1 Å². The second-order valence-electron chi connectivity index (χ2n) is 4.63. The van der Waals surface area contributed by atoms with Crippen LogP contribution in [-0.4, -0.2) is 23.0 Å². The van der Waals surface area contributed by atoms with Crippen LogP contribution in [0, 0.1) is 5.41 Å². The van der Waals surface area contributed by atoms with E-state index < -0.39 is 0 Å². The molecule has 4 heteroatoms. The molecule has 14 heavy (non-hydrogen) atoms. The highest BCUT2D eigenvalue weighted by molar-refractivity contribution is 7.15. The number of aromatic nitrogens is 1. The number of likely N-dealkylation sites (tertiary alicyclic amines) is 1. The van der Waals surface area contributed by atoms with E-state index in [1.807, 2.05) is 6.20 Å². The quantitative estimate of drug-likeness (QED) is 0.806. The molecular weight excluding hydrogens is 194 g/mol. The molecule has 1 aliphatic carbocycles. The van der Waals surface area contributed by atoms with Crippen LogP contribution in [0.25, 0.3) is 0 Å². The number of nitrogens with two attached hydrogens (primary N) is 1. The van der Waals surface area contributed by atoms with Gasteiger partial charge in [0.15, 0.2) is 5.13 Å². The molecule has 0 unspecified atom stereocenters. The maximum absolute atomic E-state index is 5.61. The molecule has 2 fully saturated rings. The van der Waals surface area contributed by atoms with Crippen LogP contribution in [0.1, 0.15) is 24.1 Å². The van der Waals surface area contributed by atoms with Gasteiger partial charge in [0.1, 0.15) is 0 Å². The van der Waals surface area contributed by atoms with Gasteiger partial charge in [-0.1, -0.05) is 0 Å². The van der Waals surface area contributed by atoms with Gasteiger partial charge in [0.05, 0.1) is 0 Å². The Bertz CT molecular complexity index is 343. The zero-order valence-electron chi connectivity index (χ0n) is 8.20. The van der Waals surface area contributed by atoms with Crippen molar-refractivity contribution >= 4 is 16.5 Å². The zero-order valence-corrected chi connectivity index (χ0v) is 9.02. The number of nitrogen functional groups attached to an aromatic ring is 1. The largest absolute Gasteiger partial charge is 0.375 e. The summed E-state index contributed by atoms with van der Waals surface area (Å²) in [6, 6.07) is 0. The van der Waals surface area contributed by atoms with Gasteiger partial charge < -0.3 is 5.73 Å². The van der Waals surface area contributed by atoms with Gasteiger partial charge in [-0.15, -0.1) is 11.3 Å². The van der Waals surface area contributed by atoms with Crippen LogP contribution in [0.4, 0.5) is 5.13 Å². The van der Waals surface area contributed by atoms with Gasteiger partial charge in [-0.3, -0.25) is 4.90 Å². The Morgan fingerprint density at radius 3 is 2.93 bits per heavy atom. The van der Waals surface area contributed by atoms with Crippen molar-refractivity contribution in [2.24, 2.45) is 5.41 Å². The summed E-state index contributed by atoms with van der Waals surface area (Å²) < 4.78 is 0. The average molecular weight is 209 g/mol. The normalized spacial score (nSPS) is 24.6. The molecule has 1 aromatic rings. The van der Waals surface area contributed by atoms with Gasteiger partial charge in [0.2, 0.25) is 0 Å². The summed E-state index contributed by atoms with van der Waals surface area (Å²) in [5.41, 5.74) is 6.34. The molecule has 1 saturated carbocycles. The molecule has 0 aromatic carbocycles. The van der Waals surface area contributed by atoms with Gasteiger partial charge in [-0.05, 0) is 31.2 Å². The van der Waals surface area contributed by atoms with Gasteiger partial charge in [-0.25, -0.2) is 4.98 Å². The van der Waals surface area contributed by atoms with E-state index in [-0.39, 0.29) is 0 Å². The Balaban J connectivity index is 1.63. The molecule has 1 saturated heterocycles. The van der Waals surface area contributed by atoms with Crippen molar-refractivity contribution in [3.8, 4) is 0 Å². The minimum absolute atomic E-state index is 0.695. The zero-order chi connectivity index (χ0) is 9.60. The molecule has 3 nitrogen and oxygen atoms in total. The fraction of sp³-hybridized carbons (Fsp3) is 0.700. The number of nitrogens with zero attached hydrogens (tertiary/aromatic N) is 2. The fourth-order valence-corrected chi connectivity index (χ4v) is 3.09. The lowest BCUT2D eigenvalue weighted by Crippen LogP contribution is -2.19. The van der Waals surface area contributed by atoms with E-state index in [0.717, 1.165) is 12.0 Å². The number of rotatable bonds is 2. The first-order valence-electron chi connectivity index (χ1n) is 5.18. The highest BCUT2D eigenvalue weighted by Crippen LogP contribution is 2.52. The van der Waals surface area contributed by atoms with Gasteiger partial charge in [0.25, 0.3) is 0 Å². The van der Waals surface area contributed by atoms with Crippen LogP contribution in [0.5, 0.6) is 0 Å². The lowest BCUT2D eigenvalue weighted by molar-refractivity contribution is 0.315. The standard InChI is InChI=1S/C10H15N3S/c11-9-12-5-8(14-9)6-13-4-3-10(7-13)1-2-10/h5H,1-4,6-7H2,(H2,11,12). The van der Waals surface area contributed by atoms with Gasteiger partial charge in [-0.2, -0.15) is 0 Å². The van der Waals surface area contributed by atoms with Gasteiger partial charge >= 0.3 is 0 Å². The van der Waals surface area contributed by atoms with Crippen LogP contribution >= 0.6 is 11.3 Å². The third-order valence-electron chi connectivity index (χ3n) is 3.43. The molecule has 0 amide bonds. The first-order valence-corrected chi connectivity index (χ1v) is 6.00. The average Bonchev–Trinajstić information content (AvgIpc) is 2.58. The van der Waals surface area contributed by atoms with Crippen molar-refractivity contribution < 1.29 is 0 Å². The molecule has 3 rings (SSSR count). The second kappa shape index (κ2) is 2.94. The highest BCUT2D eigenvalue weighted by atomic mass is 32.1. The van der Waals surface area contributed by atoms with Gasteiger partial charge in [0, 0.05) is 24.2 Å². The minimum Gasteiger partial charge on any atom is -0.375 e. The molecule has 2 heterocycles. The predicted molar refractivity (Wildman–Crippen MR) is 58.1 cm³/mol. The lowest BCUT2D eigenvalue weighted by Gasteiger charge is -2.13. The number of hydrogen-bond acceptors (Lipinski definition) is 4. The lowest BCUT2D eigenvalue weighted by atomic mass is 10.1. The van der Waals surface area contributed by atoms with Crippen LogP contribution < -0.4 is 5.73 Å². The fourth-order valence-electron chi connectivity index (χ4n) is 2.36. The third kappa shape index (κ3) is 1.53. The Labute approximate surface area is 87.9 Å². The summed E-state index contributed by atoms with van der Waals surface area (Å²) in [7, 11) is 0. The summed E-state index contributed by atoms with van der Waals surface area (Å²) in [4.78, 5) is 7.93. The van der Waals surface area contributed by atoms with E-state index in [0.29, 0.717) is 5.13 Å². The molecule has 1 spiro atoms. The molecule has 76 valence electrons. The van der Waals surface area contributed by atoms with E-state index in [9.17, 15) is 0 Å². The monoisotopic (exact) mass is 209 g/mol. The van der Waals surface area contributed by atoms with Crippen molar-refractivity contribution in [2.45, 2.75) is 25.8 Å². The molecule has 0 radical (unpaired) electrons. The third-order valence-corrected chi connectivity index (χ3v) is 4.24. The van der Waals surface area contributed by atoms with Crippen LogP contribution in [-0.2, 0) is 6.54 Å². The molecular formula is C10H15N3S. The summed E-state index contributed by atoms with van der Waals surface area (Å²) in [6.45, 7) is 3.61. The number of hydrogen-bond donors (Lipinski definition) is 1. The number of thiazole rings is 1. The summed E-state index contributed by atoms with van der Waals surface area (Å²) in [5, 5.41) is 0.695. The van der Waals surface area contributed by atoms with Crippen LogP contribution in [0.15, 0.2) is 6.20 Å². The Morgan fingerprint density at radius 1 is 1.50 bits per heavy atom. The highest BCUT2D eigenvalue weighted by Gasteiger charge is 2.47. The maximum Gasteiger partial charge on any atom is 0.180 e. The van der Waals surface area contributed by atoms with Crippen LogP contribution in [0.3, 0.4) is 0 Å². The summed E-state index contributed by atoms with van der Waals surface area (Å²) in [6.07, 6.45) is 6.22. The first-order chi connectivity index (χ1) is 6.76. The van der Waals surface area contributed by atoms with E-state index in [1.54, 1.807) is 11.3 Å². The summed E-state index contributed by atoms with van der Waals surface area (Å²) >= 11 is 1.62. The second-order valence-corrected chi connectivity index (χ2v) is 5.77. The van der Waals surface area contributed by atoms with E-state index in [4.69, 9.17) is 5.73 Å². The topological polar surface area (TPSA) is 42.1 Å². The molecule has 0 bridgehead atoms. The predicted octanol–water partition coefficient (Wildman–Crippen LogP) is 1.71. The molecule has 2 N–H and O–H groups in total. The smallest absolute Gasteiger partial charge is 0.180 e. The Morgan fingerprint density at radius 2 is 2.36 bits per heavy atom. The molecule has 1 aliphatic heterocycles. The SMILES string of the molecule is Nc1ncc(CN2CCC3(CC3)C2)s1. The van der Waals surface area contributed by atoms with E-state index in [2.05, 4.69) is 9.88 Å². The van der Waals surface area contributed by atoms with Crippen molar-refractivity contribution in [3.63, 3.8) is 0 Å². The maximum atomic E-state index is 5.61. The molecule has 2 aliphatic rings. The van der Waals surface area contributed by atoms with Crippen molar-refractivity contribution in [2.75, 3.05) is 18.8 Å². The van der Waals surface area contributed by atoms with Crippen LogP contribution in [0.2, 0.25) is 0 Å².